The van der Waals surface area contributed by atoms with Gasteiger partial charge in [-0.3, -0.25) is 9.59 Å². The number of piperidine rings is 1. The van der Waals surface area contributed by atoms with E-state index < -0.39 is 0 Å². The molecule has 5 heteroatoms. The molecule has 120 valence electrons. The number of nitrogens with zero attached hydrogens (tertiary/aromatic N) is 1. The van der Waals surface area contributed by atoms with Crippen molar-refractivity contribution in [2.45, 2.75) is 32.7 Å². The van der Waals surface area contributed by atoms with Crippen LogP contribution < -0.4 is 10.1 Å². The highest BCUT2D eigenvalue weighted by Crippen LogP contribution is 2.27. The highest BCUT2D eigenvalue weighted by molar-refractivity contribution is 5.87. The molecule has 1 saturated heterocycles. The van der Waals surface area contributed by atoms with Crippen LogP contribution in [0.1, 0.15) is 36.9 Å². The number of hydrogen-bond donors (Lipinski definition) is 1. The number of ether oxygens (including phenoxy) is 1. The number of benzene rings is 1. The van der Waals surface area contributed by atoms with Crippen LogP contribution >= 0.6 is 0 Å². The Bertz CT molecular complexity index is 571. The van der Waals surface area contributed by atoms with E-state index in [1.165, 1.54) is 0 Å². The molecule has 1 heterocycles. The molecule has 0 aromatic heterocycles. The van der Waals surface area contributed by atoms with Crippen LogP contribution in [0.15, 0.2) is 18.2 Å². The van der Waals surface area contributed by atoms with E-state index in [-0.39, 0.29) is 23.8 Å². The minimum absolute atomic E-state index is 0.0344. The molecule has 0 radical (unpaired) electrons. The summed E-state index contributed by atoms with van der Waals surface area (Å²) < 4.78 is 5.37. The first-order valence-corrected chi connectivity index (χ1v) is 7.61. The fourth-order valence-electron chi connectivity index (χ4n) is 2.77. The van der Waals surface area contributed by atoms with Crippen LogP contribution in [0.3, 0.4) is 0 Å². The quantitative estimate of drug-likeness (QED) is 0.926. The lowest BCUT2D eigenvalue weighted by atomic mass is 9.94. The van der Waals surface area contributed by atoms with E-state index >= 15 is 0 Å². The average molecular weight is 304 g/mol. The number of likely N-dealkylation sites (tertiary alicyclic amines) is 1. The van der Waals surface area contributed by atoms with Crippen molar-refractivity contribution in [3.63, 3.8) is 0 Å². The Balaban J connectivity index is 2.05. The van der Waals surface area contributed by atoms with Gasteiger partial charge in [0.15, 0.2) is 0 Å². The Labute approximate surface area is 131 Å². The second kappa shape index (κ2) is 6.81. The van der Waals surface area contributed by atoms with E-state index in [4.69, 9.17) is 4.74 Å². The second-order valence-corrected chi connectivity index (χ2v) is 5.98. The fraction of sp³-hybridized carbons (Fsp3) is 0.529. The maximum atomic E-state index is 12.4. The minimum Gasteiger partial charge on any atom is -0.496 e. The largest absolute Gasteiger partial charge is 0.496 e. The van der Waals surface area contributed by atoms with Gasteiger partial charge in [0.25, 0.3) is 0 Å². The monoisotopic (exact) mass is 304 g/mol. The lowest BCUT2D eigenvalue weighted by Crippen LogP contribution is -2.42. The normalized spacial score (nSPS) is 19.7. The molecule has 1 aromatic carbocycles. The predicted octanol–water partition coefficient (Wildman–Crippen LogP) is 2.05. The van der Waals surface area contributed by atoms with Crippen molar-refractivity contribution in [3.8, 4) is 5.75 Å². The summed E-state index contributed by atoms with van der Waals surface area (Å²) >= 11 is 0. The van der Waals surface area contributed by atoms with Crippen LogP contribution in [0.4, 0.5) is 0 Å². The first-order valence-electron chi connectivity index (χ1n) is 7.61. The van der Waals surface area contributed by atoms with Gasteiger partial charge in [0.2, 0.25) is 11.8 Å². The summed E-state index contributed by atoms with van der Waals surface area (Å²) in [5, 5.41) is 3.01. The number of rotatable bonds is 4. The third-order valence-electron chi connectivity index (χ3n) is 4.24. The van der Waals surface area contributed by atoms with E-state index in [2.05, 4.69) is 5.32 Å². The summed E-state index contributed by atoms with van der Waals surface area (Å²) in [5.74, 6) is 0.504. The third-order valence-corrected chi connectivity index (χ3v) is 4.24. The Kier molecular flexibility index (Phi) is 5.06. The molecular weight excluding hydrogens is 280 g/mol. The zero-order chi connectivity index (χ0) is 16.3. The summed E-state index contributed by atoms with van der Waals surface area (Å²) in [6.45, 7) is 4.58. The summed E-state index contributed by atoms with van der Waals surface area (Å²) in [4.78, 5) is 25.8. The number of carbonyl (C=O) groups excluding carboxylic acids is 2. The van der Waals surface area contributed by atoms with E-state index in [1.54, 1.807) is 19.1 Å². The fourth-order valence-corrected chi connectivity index (χ4v) is 2.77. The molecule has 0 saturated carbocycles. The number of hydrogen-bond acceptors (Lipinski definition) is 3. The molecule has 0 unspecified atom stereocenters. The molecule has 1 aliphatic heterocycles. The topological polar surface area (TPSA) is 58.6 Å². The van der Waals surface area contributed by atoms with Gasteiger partial charge in [-0.25, -0.2) is 0 Å². The molecule has 5 nitrogen and oxygen atoms in total. The third kappa shape index (κ3) is 3.59. The zero-order valence-corrected chi connectivity index (χ0v) is 13.7. The van der Waals surface area contributed by atoms with Crippen molar-refractivity contribution >= 4 is 11.8 Å². The molecule has 0 spiro atoms. The zero-order valence-electron chi connectivity index (χ0n) is 13.7. The lowest BCUT2D eigenvalue weighted by molar-refractivity contribution is -0.139. The Morgan fingerprint density at radius 3 is 2.82 bits per heavy atom. The molecular formula is C17H24N2O3. The van der Waals surface area contributed by atoms with Gasteiger partial charge < -0.3 is 15.0 Å². The number of amides is 2. The van der Waals surface area contributed by atoms with Crippen LogP contribution in [0, 0.1) is 12.8 Å². The van der Waals surface area contributed by atoms with Crippen molar-refractivity contribution in [2.75, 3.05) is 20.7 Å². The average Bonchev–Trinajstić information content (AvgIpc) is 2.49. The summed E-state index contributed by atoms with van der Waals surface area (Å²) in [6.07, 6.45) is 1.01. The van der Waals surface area contributed by atoms with E-state index in [1.807, 2.05) is 32.0 Å². The van der Waals surface area contributed by atoms with Gasteiger partial charge in [0.1, 0.15) is 5.75 Å². The van der Waals surface area contributed by atoms with Crippen molar-refractivity contribution in [3.05, 3.63) is 29.3 Å². The Hall–Kier alpha value is -2.04. The van der Waals surface area contributed by atoms with Crippen LogP contribution in [0.5, 0.6) is 5.75 Å². The number of aryl methyl sites for hydroxylation is 1. The molecule has 0 aliphatic carbocycles. The molecule has 0 bridgehead atoms. The lowest BCUT2D eigenvalue weighted by Gasteiger charge is -2.29. The van der Waals surface area contributed by atoms with Crippen LogP contribution in [0.2, 0.25) is 0 Å². The number of methoxy groups -OCH3 is 1. The minimum atomic E-state index is -0.234. The van der Waals surface area contributed by atoms with Crippen LogP contribution in [0.25, 0.3) is 0 Å². The van der Waals surface area contributed by atoms with Crippen molar-refractivity contribution in [1.29, 1.82) is 0 Å². The van der Waals surface area contributed by atoms with Gasteiger partial charge in [0.05, 0.1) is 13.2 Å². The molecule has 2 rings (SSSR count). The van der Waals surface area contributed by atoms with E-state index in [9.17, 15) is 9.59 Å². The second-order valence-electron chi connectivity index (χ2n) is 5.98. The maximum Gasteiger partial charge on any atom is 0.224 e. The molecule has 1 N–H and O–H groups in total. The smallest absolute Gasteiger partial charge is 0.224 e. The van der Waals surface area contributed by atoms with Gasteiger partial charge in [0, 0.05) is 31.5 Å². The van der Waals surface area contributed by atoms with Crippen molar-refractivity contribution < 1.29 is 14.3 Å². The van der Waals surface area contributed by atoms with Crippen molar-refractivity contribution in [1.82, 2.24) is 10.2 Å². The first-order chi connectivity index (χ1) is 10.4. The molecule has 1 aromatic rings. The number of nitrogens with one attached hydrogen (secondary N) is 1. The molecule has 2 atom stereocenters. The molecule has 1 fully saturated rings. The van der Waals surface area contributed by atoms with Gasteiger partial charge in [-0.2, -0.15) is 0 Å². The van der Waals surface area contributed by atoms with Gasteiger partial charge in [-0.15, -0.1) is 0 Å². The van der Waals surface area contributed by atoms with Gasteiger partial charge in [-0.1, -0.05) is 17.7 Å². The summed E-state index contributed by atoms with van der Waals surface area (Å²) in [6, 6.07) is 5.75. The van der Waals surface area contributed by atoms with Crippen LogP contribution in [-0.4, -0.2) is 37.4 Å². The van der Waals surface area contributed by atoms with E-state index in [0.29, 0.717) is 19.4 Å². The standard InChI is InChI=1S/C17H24N2O3/c1-11-5-6-15(22-4)14(9-11)12(2)18-17(21)13-7-8-19(3)16(20)10-13/h5-6,9,12-13H,7-8,10H2,1-4H3,(H,18,21)/t12-,13-/m0/s1. The number of carbonyl (C=O) groups is 2. The highest BCUT2D eigenvalue weighted by Gasteiger charge is 2.29. The molecule has 22 heavy (non-hydrogen) atoms. The predicted molar refractivity (Wildman–Crippen MR) is 84.6 cm³/mol. The van der Waals surface area contributed by atoms with Gasteiger partial charge >= 0.3 is 0 Å². The Morgan fingerprint density at radius 2 is 2.18 bits per heavy atom. The molecule has 1 aliphatic rings. The van der Waals surface area contributed by atoms with E-state index in [0.717, 1.165) is 16.9 Å². The van der Waals surface area contributed by atoms with Crippen molar-refractivity contribution in [2.24, 2.45) is 5.92 Å². The summed E-state index contributed by atoms with van der Waals surface area (Å²) in [5.41, 5.74) is 2.07. The Morgan fingerprint density at radius 1 is 1.45 bits per heavy atom. The first kappa shape index (κ1) is 16.3. The SMILES string of the molecule is COc1ccc(C)cc1[C@H](C)NC(=O)[C@H]1CCN(C)C(=O)C1. The van der Waals surface area contributed by atoms with Crippen LogP contribution in [-0.2, 0) is 9.59 Å². The highest BCUT2D eigenvalue weighted by atomic mass is 16.5. The van der Waals surface area contributed by atoms with Gasteiger partial charge in [-0.05, 0) is 26.3 Å². The summed E-state index contributed by atoms with van der Waals surface area (Å²) in [7, 11) is 3.40. The molecule has 2 amide bonds. The maximum absolute atomic E-state index is 12.4.